The van der Waals surface area contributed by atoms with Crippen LogP contribution in [0.2, 0.25) is 0 Å². The molecule has 1 saturated heterocycles. The first kappa shape index (κ1) is 8.22. The predicted molar refractivity (Wildman–Crippen MR) is 40.8 cm³/mol. The molecule has 0 aliphatic carbocycles. The van der Waals surface area contributed by atoms with Crippen LogP contribution in [0.1, 0.15) is 19.3 Å². The molecule has 1 rings (SSSR count). The molecule has 1 aliphatic heterocycles. The molecule has 1 N–H and O–H groups in total. The minimum atomic E-state index is 0.0757. The minimum absolute atomic E-state index is 0.0757. The Morgan fingerprint density at radius 2 is 2.55 bits per heavy atom. The number of nitrogens with one attached hydrogen (secondary N) is 1. The zero-order valence-electron chi connectivity index (χ0n) is 6.47. The quantitative estimate of drug-likeness (QED) is 0.625. The standard InChI is InChI=1S/C8H12N2O/c9-4-3-8(11)7-2-1-5-10-6-7/h7,10H,1-3,5-6H2/t7-/m1/s1. The SMILES string of the molecule is N#CCC(=O)[C@@H]1CCCNC1. The van der Waals surface area contributed by atoms with Gasteiger partial charge in [-0.15, -0.1) is 0 Å². The molecule has 0 aromatic rings. The van der Waals surface area contributed by atoms with E-state index in [1.165, 1.54) is 0 Å². The molecule has 0 bridgehead atoms. The van der Waals surface area contributed by atoms with Crippen LogP contribution in [0.3, 0.4) is 0 Å². The smallest absolute Gasteiger partial charge is 0.151 e. The van der Waals surface area contributed by atoms with Crippen molar-refractivity contribution in [2.75, 3.05) is 13.1 Å². The molecule has 0 aromatic carbocycles. The number of hydrogen-bond acceptors (Lipinski definition) is 3. The van der Waals surface area contributed by atoms with Gasteiger partial charge in [0, 0.05) is 12.5 Å². The molecule has 0 spiro atoms. The Kier molecular flexibility index (Phi) is 3.06. The van der Waals surface area contributed by atoms with Gasteiger partial charge in [0.15, 0.2) is 5.78 Å². The van der Waals surface area contributed by atoms with Crippen LogP contribution in [0.25, 0.3) is 0 Å². The highest BCUT2D eigenvalue weighted by Crippen LogP contribution is 2.11. The molecule has 60 valence electrons. The van der Waals surface area contributed by atoms with Crippen molar-refractivity contribution < 1.29 is 4.79 Å². The summed E-state index contributed by atoms with van der Waals surface area (Å²) in [7, 11) is 0. The Morgan fingerprint density at radius 1 is 1.73 bits per heavy atom. The summed E-state index contributed by atoms with van der Waals surface area (Å²) < 4.78 is 0. The van der Waals surface area contributed by atoms with Gasteiger partial charge < -0.3 is 5.32 Å². The normalized spacial score (nSPS) is 24.1. The second-order valence-corrected chi connectivity index (χ2v) is 2.84. The number of ketones is 1. The van der Waals surface area contributed by atoms with Crippen molar-refractivity contribution >= 4 is 5.78 Å². The van der Waals surface area contributed by atoms with E-state index in [0.29, 0.717) is 0 Å². The van der Waals surface area contributed by atoms with Crippen LogP contribution >= 0.6 is 0 Å². The molecule has 0 amide bonds. The molecule has 0 saturated carbocycles. The van der Waals surface area contributed by atoms with E-state index in [0.717, 1.165) is 25.9 Å². The molecule has 0 unspecified atom stereocenters. The molecule has 3 nitrogen and oxygen atoms in total. The molecule has 1 aliphatic rings. The fourth-order valence-electron chi connectivity index (χ4n) is 1.35. The summed E-state index contributed by atoms with van der Waals surface area (Å²) in [6, 6.07) is 1.89. The van der Waals surface area contributed by atoms with Crippen molar-refractivity contribution in [2.24, 2.45) is 5.92 Å². The molecule has 3 heteroatoms. The Morgan fingerprint density at radius 3 is 3.09 bits per heavy atom. The first-order valence-electron chi connectivity index (χ1n) is 3.95. The van der Waals surface area contributed by atoms with Gasteiger partial charge in [-0.05, 0) is 19.4 Å². The number of carbonyl (C=O) groups excluding carboxylic acids is 1. The van der Waals surface area contributed by atoms with E-state index in [2.05, 4.69) is 5.32 Å². The van der Waals surface area contributed by atoms with Crippen LogP contribution in [0, 0.1) is 17.2 Å². The summed E-state index contributed by atoms with van der Waals surface area (Å²) in [5, 5.41) is 11.4. The molecule has 1 atom stereocenters. The van der Waals surface area contributed by atoms with Crippen molar-refractivity contribution in [1.29, 1.82) is 5.26 Å². The van der Waals surface area contributed by atoms with Gasteiger partial charge >= 0.3 is 0 Å². The highest BCUT2D eigenvalue weighted by Gasteiger charge is 2.19. The maximum atomic E-state index is 11.1. The monoisotopic (exact) mass is 152 g/mol. The fraction of sp³-hybridized carbons (Fsp3) is 0.750. The van der Waals surface area contributed by atoms with Gasteiger partial charge in [0.2, 0.25) is 0 Å². The molecule has 1 fully saturated rings. The maximum absolute atomic E-state index is 11.1. The summed E-state index contributed by atoms with van der Waals surface area (Å²) >= 11 is 0. The number of piperidine rings is 1. The zero-order chi connectivity index (χ0) is 8.10. The number of rotatable bonds is 2. The van der Waals surface area contributed by atoms with E-state index in [9.17, 15) is 4.79 Å². The van der Waals surface area contributed by atoms with Gasteiger partial charge in [-0.1, -0.05) is 0 Å². The second-order valence-electron chi connectivity index (χ2n) is 2.84. The highest BCUT2D eigenvalue weighted by molar-refractivity contribution is 5.83. The number of carbonyl (C=O) groups is 1. The van der Waals surface area contributed by atoms with E-state index >= 15 is 0 Å². The van der Waals surface area contributed by atoms with E-state index in [4.69, 9.17) is 5.26 Å². The van der Waals surface area contributed by atoms with Crippen molar-refractivity contribution in [1.82, 2.24) is 5.32 Å². The number of hydrogen-bond donors (Lipinski definition) is 1. The van der Waals surface area contributed by atoms with E-state index in [1.54, 1.807) is 0 Å². The summed E-state index contributed by atoms with van der Waals surface area (Å²) in [6.07, 6.45) is 2.09. The lowest BCUT2D eigenvalue weighted by Gasteiger charge is -2.20. The van der Waals surface area contributed by atoms with Crippen LogP contribution in [0.15, 0.2) is 0 Å². The van der Waals surface area contributed by atoms with Gasteiger partial charge in [-0.2, -0.15) is 5.26 Å². The highest BCUT2D eigenvalue weighted by atomic mass is 16.1. The Bertz CT molecular complexity index is 177. The Balaban J connectivity index is 2.34. The lowest BCUT2D eigenvalue weighted by atomic mass is 9.94. The first-order chi connectivity index (χ1) is 5.34. The van der Waals surface area contributed by atoms with Gasteiger partial charge in [-0.25, -0.2) is 0 Å². The minimum Gasteiger partial charge on any atom is -0.316 e. The third-order valence-electron chi connectivity index (χ3n) is 2.01. The van der Waals surface area contributed by atoms with Crippen molar-refractivity contribution in [2.45, 2.75) is 19.3 Å². The average molecular weight is 152 g/mol. The van der Waals surface area contributed by atoms with Crippen molar-refractivity contribution in [3.05, 3.63) is 0 Å². The Labute approximate surface area is 66.4 Å². The summed E-state index contributed by atoms with van der Waals surface area (Å²) in [5.74, 6) is 0.197. The van der Waals surface area contributed by atoms with Crippen molar-refractivity contribution in [3.63, 3.8) is 0 Å². The molecule has 11 heavy (non-hydrogen) atoms. The van der Waals surface area contributed by atoms with E-state index in [1.807, 2.05) is 6.07 Å². The third kappa shape index (κ3) is 2.32. The second kappa shape index (κ2) is 4.09. The largest absolute Gasteiger partial charge is 0.316 e. The summed E-state index contributed by atoms with van der Waals surface area (Å²) in [4.78, 5) is 11.1. The topological polar surface area (TPSA) is 52.9 Å². The van der Waals surface area contributed by atoms with Gasteiger partial charge in [0.05, 0.1) is 12.5 Å². The van der Waals surface area contributed by atoms with Crippen molar-refractivity contribution in [3.8, 4) is 6.07 Å². The molecule has 0 aromatic heterocycles. The summed E-state index contributed by atoms with van der Waals surface area (Å²) in [5.41, 5.74) is 0. The number of nitrogens with zero attached hydrogens (tertiary/aromatic N) is 1. The van der Waals surface area contributed by atoms with Crippen LogP contribution in [0.4, 0.5) is 0 Å². The van der Waals surface area contributed by atoms with Crippen LogP contribution in [-0.4, -0.2) is 18.9 Å². The number of Topliss-reactive ketones (excluding diaryl/α,β-unsaturated/α-hetero) is 1. The molecular weight excluding hydrogens is 140 g/mol. The first-order valence-corrected chi connectivity index (χ1v) is 3.95. The zero-order valence-corrected chi connectivity index (χ0v) is 6.47. The average Bonchev–Trinajstić information content (AvgIpc) is 2.07. The third-order valence-corrected chi connectivity index (χ3v) is 2.01. The lowest BCUT2D eigenvalue weighted by Crippen LogP contribution is -2.34. The van der Waals surface area contributed by atoms with E-state index < -0.39 is 0 Å². The lowest BCUT2D eigenvalue weighted by molar-refractivity contribution is -0.122. The Hall–Kier alpha value is -0.880. The van der Waals surface area contributed by atoms with Gasteiger partial charge in [-0.3, -0.25) is 4.79 Å². The summed E-state index contributed by atoms with van der Waals surface area (Å²) in [6.45, 7) is 1.77. The predicted octanol–water partition coefficient (Wildman–Crippen LogP) is 0.469. The van der Waals surface area contributed by atoms with Crippen LogP contribution in [0.5, 0.6) is 0 Å². The van der Waals surface area contributed by atoms with E-state index in [-0.39, 0.29) is 18.1 Å². The van der Waals surface area contributed by atoms with Crippen LogP contribution < -0.4 is 5.32 Å². The number of nitriles is 1. The van der Waals surface area contributed by atoms with Crippen LogP contribution in [-0.2, 0) is 4.79 Å². The fourth-order valence-corrected chi connectivity index (χ4v) is 1.35. The molecule has 1 heterocycles. The molecule has 0 radical (unpaired) electrons. The van der Waals surface area contributed by atoms with Gasteiger partial charge in [0.25, 0.3) is 0 Å². The molecular formula is C8H12N2O. The van der Waals surface area contributed by atoms with Gasteiger partial charge in [0.1, 0.15) is 0 Å². The maximum Gasteiger partial charge on any atom is 0.151 e.